The molecule has 3 N–H and O–H groups in total. The van der Waals surface area contributed by atoms with Gasteiger partial charge in [0.2, 0.25) is 0 Å². The molecule has 0 fully saturated rings. The van der Waals surface area contributed by atoms with Gasteiger partial charge in [-0.2, -0.15) is 0 Å². The summed E-state index contributed by atoms with van der Waals surface area (Å²) in [5.41, 5.74) is 16.1. The van der Waals surface area contributed by atoms with Gasteiger partial charge in [-0.15, -0.1) is 0 Å². The second-order valence-corrected chi connectivity index (χ2v) is 12.9. The number of nitrogens with two attached hydrogens (primary N) is 1. The highest BCUT2D eigenvalue weighted by molar-refractivity contribution is 5.85. The Morgan fingerprint density at radius 2 is 1.61 bits per heavy atom. The molecule has 0 spiro atoms. The molecule has 44 heavy (non-hydrogen) atoms. The van der Waals surface area contributed by atoms with Gasteiger partial charge in [-0.1, -0.05) is 98.6 Å². The maximum absolute atomic E-state index is 12.9. The molecule has 226 valence electrons. The van der Waals surface area contributed by atoms with Crippen LogP contribution in [0, 0.1) is 11.8 Å². The summed E-state index contributed by atoms with van der Waals surface area (Å²) in [4.78, 5) is 2.15. The molecule has 0 saturated carbocycles. The Labute approximate surface area is 262 Å². The molecule has 0 heterocycles. The molecular weight excluding hydrogens is 540 g/mol. The van der Waals surface area contributed by atoms with E-state index in [-0.39, 0.29) is 17.9 Å². The minimum atomic E-state index is -1.31. The van der Waals surface area contributed by atoms with Gasteiger partial charge in [0.15, 0.2) is 0 Å². The first kappa shape index (κ1) is 29.9. The predicted molar refractivity (Wildman–Crippen MR) is 180 cm³/mol. The number of ether oxygens (including phenoxy) is 1. The minimum absolute atomic E-state index is 0.178. The van der Waals surface area contributed by atoms with E-state index < -0.39 is 5.60 Å². The molecule has 3 aromatic carbocycles. The summed E-state index contributed by atoms with van der Waals surface area (Å²) < 4.78 is 6.60. The van der Waals surface area contributed by atoms with Crippen LogP contribution in [0.15, 0.2) is 132 Å². The number of aliphatic hydroxyl groups is 1. The number of likely N-dealkylation sites (N-methyl/N-ethyl adjacent to an activating group) is 1. The van der Waals surface area contributed by atoms with E-state index in [1.54, 1.807) is 0 Å². The van der Waals surface area contributed by atoms with E-state index in [0.29, 0.717) is 23.5 Å². The number of hydrogen-bond donors (Lipinski definition) is 2. The lowest BCUT2D eigenvalue weighted by Gasteiger charge is -2.55. The van der Waals surface area contributed by atoms with Crippen LogP contribution in [0.5, 0.6) is 0 Å². The monoisotopic (exact) mass is 584 g/mol. The van der Waals surface area contributed by atoms with Gasteiger partial charge in [-0.3, -0.25) is 4.90 Å². The number of benzene rings is 3. The zero-order valence-corrected chi connectivity index (χ0v) is 26.3. The summed E-state index contributed by atoms with van der Waals surface area (Å²) in [7, 11) is 4.09. The van der Waals surface area contributed by atoms with Crippen LogP contribution in [-0.4, -0.2) is 35.7 Å². The molecule has 4 heteroatoms. The van der Waals surface area contributed by atoms with Crippen LogP contribution >= 0.6 is 0 Å². The largest absolute Gasteiger partial charge is 0.491 e. The molecule has 0 unspecified atom stereocenters. The van der Waals surface area contributed by atoms with Gasteiger partial charge < -0.3 is 15.6 Å². The van der Waals surface area contributed by atoms with Crippen LogP contribution in [0.25, 0.3) is 5.57 Å². The zero-order chi connectivity index (χ0) is 31.2. The van der Waals surface area contributed by atoms with Crippen LogP contribution in [0.1, 0.15) is 41.2 Å². The lowest BCUT2D eigenvalue weighted by molar-refractivity contribution is -0.0269. The Balaban J connectivity index is 1.42. The summed E-state index contributed by atoms with van der Waals surface area (Å²) in [5.74, 6) is 0.793. The summed E-state index contributed by atoms with van der Waals surface area (Å²) in [6, 6.07) is 27.2. The van der Waals surface area contributed by atoms with Crippen molar-refractivity contribution in [2.75, 3.05) is 14.1 Å². The van der Waals surface area contributed by atoms with Gasteiger partial charge in [0.1, 0.15) is 18.0 Å². The van der Waals surface area contributed by atoms with E-state index in [0.717, 1.165) is 53.7 Å². The standard InChI is InChI=1S/C40H44N2O2/c1-25-35-26(2)40(43)27(3)37(28(4)41)39(44-24-30-16-11-8-12-17-30)38(42(5)6)34(40)23-33(35)22-32-19-13-18-31(36(25)32)21-20-29-14-9-7-10-15-29/h7-19,33-34,38,43H,1,3-4,20-24,41H2,2,5-6H3/t33-,34-,38-,40-/m0/s1. The van der Waals surface area contributed by atoms with Crippen molar-refractivity contribution in [3.63, 3.8) is 0 Å². The molecule has 6 rings (SSSR count). The molecule has 4 nitrogen and oxygen atoms in total. The first-order chi connectivity index (χ1) is 21.1. The van der Waals surface area contributed by atoms with Crippen molar-refractivity contribution in [1.29, 1.82) is 0 Å². The fraction of sp³-hybridized carbons (Fsp3) is 0.300. The second-order valence-electron chi connectivity index (χ2n) is 12.9. The summed E-state index contributed by atoms with van der Waals surface area (Å²) in [6.45, 7) is 15.8. The maximum atomic E-state index is 12.9. The topological polar surface area (TPSA) is 58.7 Å². The lowest BCUT2D eigenvalue weighted by Crippen LogP contribution is -2.59. The Kier molecular flexibility index (Phi) is 8.00. The molecule has 0 aliphatic heterocycles. The average molecular weight is 585 g/mol. The molecule has 3 aromatic rings. The highest BCUT2D eigenvalue weighted by Gasteiger charge is 2.57. The number of aryl methyl sites for hydroxylation is 2. The zero-order valence-electron chi connectivity index (χ0n) is 26.3. The quantitative estimate of drug-likeness (QED) is 0.295. The highest BCUT2D eigenvalue weighted by Crippen LogP contribution is 2.58. The van der Waals surface area contributed by atoms with E-state index in [1.807, 2.05) is 32.3 Å². The Hall–Kier alpha value is -4.12. The van der Waals surface area contributed by atoms with Gasteiger partial charge in [0.25, 0.3) is 0 Å². The SMILES string of the molecule is C=C(N)C1=C(OCc2ccccc2)[C@@H](N(C)C)[C@@H]2C[C@@H]3Cc4cccc(CCc5ccccc5)c4C(=C)C3=C(C)[C@]2(O)C1=C. The Morgan fingerprint density at radius 3 is 2.25 bits per heavy atom. The number of hydrogen-bond acceptors (Lipinski definition) is 4. The van der Waals surface area contributed by atoms with Crippen LogP contribution in [0.3, 0.4) is 0 Å². The second kappa shape index (κ2) is 11.8. The third kappa shape index (κ3) is 4.96. The molecule has 0 aromatic heterocycles. The van der Waals surface area contributed by atoms with E-state index in [9.17, 15) is 5.11 Å². The lowest BCUT2D eigenvalue weighted by atomic mass is 9.55. The van der Waals surface area contributed by atoms with Crippen molar-refractivity contribution in [1.82, 2.24) is 4.90 Å². The van der Waals surface area contributed by atoms with E-state index >= 15 is 0 Å². The number of allylic oxidation sites excluding steroid dienone is 3. The minimum Gasteiger partial charge on any atom is -0.491 e. The fourth-order valence-electron chi connectivity index (χ4n) is 8.10. The Bertz CT molecular complexity index is 1680. The summed E-state index contributed by atoms with van der Waals surface area (Å²) in [6.07, 6.45) is 3.60. The van der Waals surface area contributed by atoms with Crippen LogP contribution in [0.4, 0.5) is 0 Å². The van der Waals surface area contributed by atoms with Gasteiger partial charge in [0, 0.05) is 17.2 Å². The molecule has 3 aliphatic carbocycles. The van der Waals surface area contributed by atoms with Crippen molar-refractivity contribution < 1.29 is 9.84 Å². The Morgan fingerprint density at radius 1 is 0.955 bits per heavy atom. The van der Waals surface area contributed by atoms with E-state index in [2.05, 4.69) is 85.6 Å². The molecule has 4 atom stereocenters. The molecule has 0 saturated heterocycles. The van der Waals surface area contributed by atoms with Crippen molar-refractivity contribution in [2.45, 2.75) is 50.9 Å². The third-order valence-corrected chi connectivity index (χ3v) is 10.1. The maximum Gasteiger partial charge on any atom is 0.124 e. The molecule has 0 bridgehead atoms. The van der Waals surface area contributed by atoms with Gasteiger partial charge in [-0.05, 0) is 103 Å². The molecule has 0 amide bonds. The average Bonchev–Trinajstić information content (AvgIpc) is 3.01. The number of fused-ring (bicyclic) bond motifs is 3. The summed E-state index contributed by atoms with van der Waals surface area (Å²) >= 11 is 0. The number of rotatable bonds is 8. The highest BCUT2D eigenvalue weighted by atomic mass is 16.5. The van der Waals surface area contributed by atoms with Crippen molar-refractivity contribution in [2.24, 2.45) is 17.6 Å². The van der Waals surface area contributed by atoms with Crippen LogP contribution in [-0.2, 0) is 30.6 Å². The molecule has 0 radical (unpaired) electrons. The summed E-state index contributed by atoms with van der Waals surface area (Å²) in [5, 5.41) is 12.9. The predicted octanol–water partition coefficient (Wildman–Crippen LogP) is 7.17. The van der Waals surface area contributed by atoms with Gasteiger partial charge >= 0.3 is 0 Å². The number of nitrogens with zero attached hydrogens (tertiary/aromatic N) is 1. The van der Waals surface area contributed by atoms with Crippen LogP contribution < -0.4 is 5.73 Å². The van der Waals surface area contributed by atoms with Crippen molar-refractivity contribution >= 4 is 5.57 Å². The van der Waals surface area contributed by atoms with Gasteiger partial charge in [0.05, 0.1) is 6.04 Å². The van der Waals surface area contributed by atoms with Crippen molar-refractivity contribution in [3.8, 4) is 0 Å². The van der Waals surface area contributed by atoms with E-state index in [1.165, 1.54) is 22.3 Å². The smallest absolute Gasteiger partial charge is 0.124 e. The normalized spacial score (nSPS) is 24.6. The molecule has 3 aliphatic rings. The van der Waals surface area contributed by atoms with Crippen LogP contribution in [0.2, 0.25) is 0 Å². The first-order valence-electron chi connectivity index (χ1n) is 15.6. The molecular formula is C40H44N2O2. The van der Waals surface area contributed by atoms with Crippen molar-refractivity contribution in [3.05, 3.63) is 160 Å². The van der Waals surface area contributed by atoms with E-state index in [4.69, 9.17) is 17.0 Å². The van der Waals surface area contributed by atoms with Gasteiger partial charge in [-0.25, -0.2) is 0 Å². The first-order valence-corrected chi connectivity index (χ1v) is 15.6. The fourth-order valence-corrected chi connectivity index (χ4v) is 8.10. The third-order valence-electron chi connectivity index (χ3n) is 10.1.